The summed E-state index contributed by atoms with van der Waals surface area (Å²) < 4.78 is 0. The van der Waals surface area contributed by atoms with Crippen LogP contribution in [-0.4, -0.2) is 37.1 Å². The quantitative estimate of drug-likeness (QED) is 0.674. The molecule has 2 heterocycles. The van der Waals surface area contributed by atoms with Gasteiger partial charge >= 0.3 is 0 Å². The van der Waals surface area contributed by atoms with Crippen LogP contribution in [0.2, 0.25) is 0 Å². The van der Waals surface area contributed by atoms with Crippen LogP contribution >= 0.6 is 24.8 Å². The first-order valence-corrected chi connectivity index (χ1v) is 3.91. The lowest BCUT2D eigenvalue weighted by molar-refractivity contribution is 0.128. The van der Waals surface area contributed by atoms with E-state index in [2.05, 4.69) is 10.2 Å². The lowest BCUT2D eigenvalue weighted by Gasteiger charge is -2.35. The van der Waals surface area contributed by atoms with E-state index in [0.29, 0.717) is 0 Å². The lowest BCUT2D eigenvalue weighted by Crippen LogP contribution is -2.45. The van der Waals surface area contributed by atoms with E-state index in [9.17, 15) is 0 Å². The minimum atomic E-state index is 0. The molecule has 0 amide bonds. The Morgan fingerprint density at radius 3 is 2.27 bits per heavy atom. The predicted molar refractivity (Wildman–Crippen MR) is 52.0 cm³/mol. The fourth-order valence-electron chi connectivity index (χ4n) is 1.66. The van der Waals surface area contributed by atoms with E-state index >= 15 is 0 Å². The Morgan fingerprint density at radius 2 is 1.91 bits per heavy atom. The van der Waals surface area contributed by atoms with Crippen molar-refractivity contribution in [3.05, 3.63) is 0 Å². The van der Waals surface area contributed by atoms with Crippen LogP contribution < -0.4 is 5.32 Å². The fourth-order valence-corrected chi connectivity index (χ4v) is 1.66. The van der Waals surface area contributed by atoms with Crippen molar-refractivity contribution in [2.45, 2.75) is 18.9 Å². The molecule has 0 aliphatic carbocycles. The fraction of sp³-hybridized carbons (Fsp3) is 1.00. The zero-order valence-electron chi connectivity index (χ0n) is 6.58. The first kappa shape index (κ1) is 11.5. The van der Waals surface area contributed by atoms with Crippen molar-refractivity contribution in [3.63, 3.8) is 0 Å². The van der Waals surface area contributed by atoms with Crippen molar-refractivity contribution >= 4 is 24.8 Å². The predicted octanol–water partition coefficient (Wildman–Crippen LogP) is 0.898. The Morgan fingerprint density at radius 1 is 1.18 bits per heavy atom. The molecule has 2 aliphatic rings. The van der Waals surface area contributed by atoms with Gasteiger partial charge in [0.1, 0.15) is 0 Å². The average molecular weight is 199 g/mol. The van der Waals surface area contributed by atoms with Gasteiger partial charge in [0.25, 0.3) is 0 Å². The third-order valence-electron chi connectivity index (χ3n) is 2.44. The van der Waals surface area contributed by atoms with Crippen LogP contribution in [0.3, 0.4) is 0 Å². The van der Waals surface area contributed by atoms with Crippen LogP contribution in [0.5, 0.6) is 0 Å². The molecule has 0 spiro atoms. The van der Waals surface area contributed by atoms with Gasteiger partial charge in [-0.25, -0.2) is 0 Å². The smallest absolute Gasteiger partial charge is 0.0232 e. The topological polar surface area (TPSA) is 15.3 Å². The van der Waals surface area contributed by atoms with Gasteiger partial charge in [-0.1, -0.05) is 0 Å². The summed E-state index contributed by atoms with van der Waals surface area (Å²) in [6, 6.07) is 0.888. The third kappa shape index (κ3) is 2.48. The molecule has 0 bridgehead atoms. The summed E-state index contributed by atoms with van der Waals surface area (Å²) >= 11 is 0. The van der Waals surface area contributed by atoms with Gasteiger partial charge in [-0.2, -0.15) is 0 Å². The second-order valence-corrected chi connectivity index (χ2v) is 3.04. The van der Waals surface area contributed by atoms with Gasteiger partial charge in [0.15, 0.2) is 0 Å². The van der Waals surface area contributed by atoms with Gasteiger partial charge in [-0.15, -0.1) is 24.8 Å². The van der Waals surface area contributed by atoms with Crippen molar-refractivity contribution in [1.82, 2.24) is 10.2 Å². The number of nitrogens with one attached hydrogen (secondary N) is 1. The molecule has 2 nitrogen and oxygen atoms in total. The molecule has 1 N–H and O–H groups in total. The van der Waals surface area contributed by atoms with Crippen LogP contribution in [0.4, 0.5) is 0 Å². The van der Waals surface area contributed by atoms with E-state index in [0.717, 1.165) is 6.04 Å². The minimum Gasteiger partial charge on any atom is -0.315 e. The SMILES string of the molecule is C1CN([C@H]2CCNC2)C1.Cl.Cl. The van der Waals surface area contributed by atoms with Crippen molar-refractivity contribution in [1.29, 1.82) is 0 Å². The van der Waals surface area contributed by atoms with Gasteiger partial charge in [-0.05, 0) is 32.5 Å². The van der Waals surface area contributed by atoms with Gasteiger partial charge in [0.05, 0.1) is 0 Å². The van der Waals surface area contributed by atoms with Gasteiger partial charge < -0.3 is 5.32 Å². The first-order valence-electron chi connectivity index (χ1n) is 3.91. The molecule has 2 rings (SSSR count). The van der Waals surface area contributed by atoms with E-state index in [1.54, 1.807) is 0 Å². The van der Waals surface area contributed by atoms with E-state index in [4.69, 9.17) is 0 Å². The number of hydrogen-bond acceptors (Lipinski definition) is 2. The monoisotopic (exact) mass is 198 g/mol. The summed E-state index contributed by atoms with van der Waals surface area (Å²) in [5.41, 5.74) is 0. The third-order valence-corrected chi connectivity index (χ3v) is 2.44. The summed E-state index contributed by atoms with van der Waals surface area (Å²) in [7, 11) is 0. The Kier molecular flexibility index (Phi) is 5.44. The van der Waals surface area contributed by atoms with Gasteiger partial charge in [-0.3, -0.25) is 4.90 Å². The summed E-state index contributed by atoms with van der Waals surface area (Å²) in [5.74, 6) is 0. The number of halogens is 2. The molecule has 2 aliphatic heterocycles. The number of likely N-dealkylation sites (tertiary alicyclic amines) is 1. The highest BCUT2D eigenvalue weighted by Gasteiger charge is 2.25. The van der Waals surface area contributed by atoms with Crippen LogP contribution in [0.15, 0.2) is 0 Å². The second kappa shape index (κ2) is 5.20. The van der Waals surface area contributed by atoms with Crippen LogP contribution in [-0.2, 0) is 0 Å². The second-order valence-electron chi connectivity index (χ2n) is 3.04. The average Bonchev–Trinajstić information content (AvgIpc) is 2.11. The van der Waals surface area contributed by atoms with E-state index < -0.39 is 0 Å². The maximum absolute atomic E-state index is 3.38. The highest BCUT2D eigenvalue weighted by atomic mass is 35.5. The Balaban J connectivity index is 0.000000500. The molecule has 68 valence electrons. The lowest BCUT2D eigenvalue weighted by atomic mass is 10.1. The Bertz CT molecular complexity index is 101. The van der Waals surface area contributed by atoms with Gasteiger partial charge in [0, 0.05) is 12.6 Å². The molecule has 0 radical (unpaired) electrons. The molecule has 4 heteroatoms. The zero-order valence-corrected chi connectivity index (χ0v) is 8.22. The molecular formula is C7H16Cl2N2. The summed E-state index contributed by atoms with van der Waals surface area (Å²) in [4.78, 5) is 2.58. The van der Waals surface area contributed by atoms with Crippen LogP contribution in [0.1, 0.15) is 12.8 Å². The summed E-state index contributed by atoms with van der Waals surface area (Å²) in [6.07, 6.45) is 2.80. The minimum absolute atomic E-state index is 0. The molecule has 0 aromatic carbocycles. The molecule has 0 aromatic heterocycles. The van der Waals surface area contributed by atoms with E-state index in [1.165, 1.54) is 39.0 Å². The van der Waals surface area contributed by atoms with Crippen molar-refractivity contribution in [3.8, 4) is 0 Å². The summed E-state index contributed by atoms with van der Waals surface area (Å²) in [5, 5.41) is 3.38. The van der Waals surface area contributed by atoms with Crippen molar-refractivity contribution < 1.29 is 0 Å². The Hall–Kier alpha value is 0.500. The first-order chi connectivity index (χ1) is 4.47. The van der Waals surface area contributed by atoms with Crippen molar-refractivity contribution in [2.75, 3.05) is 26.2 Å². The standard InChI is InChI=1S/C7H14N2.2ClH/c1-4-9(5-1)7-2-3-8-6-7;;/h7-8H,1-6H2;2*1H/t7-;;/m0../s1. The van der Waals surface area contributed by atoms with Crippen molar-refractivity contribution in [2.24, 2.45) is 0 Å². The van der Waals surface area contributed by atoms with Crippen LogP contribution in [0, 0.1) is 0 Å². The highest BCUT2D eigenvalue weighted by Crippen LogP contribution is 2.15. The number of rotatable bonds is 1. The molecule has 1 atom stereocenters. The normalized spacial score (nSPS) is 30.0. The molecular weight excluding hydrogens is 183 g/mol. The molecule has 2 saturated heterocycles. The molecule has 2 fully saturated rings. The van der Waals surface area contributed by atoms with Gasteiger partial charge in [0.2, 0.25) is 0 Å². The molecule has 0 unspecified atom stereocenters. The molecule has 11 heavy (non-hydrogen) atoms. The molecule has 0 saturated carbocycles. The zero-order chi connectivity index (χ0) is 6.10. The highest BCUT2D eigenvalue weighted by molar-refractivity contribution is 5.85. The number of hydrogen-bond donors (Lipinski definition) is 1. The molecule has 0 aromatic rings. The largest absolute Gasteiger partial charge is 0.315 e. The maximum atomic E-state index is 3.38. The number of nitrogens with zero attached hydrogens (tertiary/aromatic N) is 1. The maximum Gasteiger partial charge on any atom is 0.0232 e. The summed E-state index contributed by atoms with van der Waals surface area (Å²) in [6.45, 7) is 5.18. The van der Waals surface area contributed by atoms with Crippen LogP contribution in [0.25, 0.3) is 0 Å². The van der Waals surface area contributed by atoms with E-state index in [-0.39, 0.29) is 24.8 Å². The van der Waals surface area contributed by atoms with E-state index in [1.807, 2.05) is 0 Å². The Labute approximate surface area is 80.5 Å².